The summed E-state index contributed by atoms with van der Waals surface area (Å²) in [5.41, 5.74) is 2.34. The van der Waals surface area contributed by atoms with E-state index >= 15 is 0 Å². The van der Waals surface area contributed by atoms with Gasteiger partial charge in [-0.25, -0.2) is 18.9 Å². The van der Waals surface area contributed by atoms with Crippen LogP contribution in [0.4, 0.5) is 23.4 Å². The topological polar surface area (TPSA) is 114 Å². The van der Waals surface area contributed by atoms with Gasteiger partial charge in [0.2, 0.25) is 11.8 Å². The van der Waals surface area contributed by atoms with Gasteiger partial charge in [-0.15, -0.1) is 0 Å². The van der Waals surface area contributed by atoms with E-state index in [0.717, 1.165) is 16.7 Å². The zero-order valence-corrected chi connectivity index (χ0v) is 26.7. The summed E-state index contributed by atoms with van der Waals surface area (Å²) >= 11 is 0. The number of hydrogen-bond donors (Lipinski definition) is 1. The van der Waals surface area contributed by atoms with E-state index in [2.05, 4.69) is 20.4 Å². The van der Waals surface area contributed by atoms with Crippen molar-refractivity contribution in [1.29, 1.82) is 0 Å². The maximum atomic E-state index is 14.0. The number of pyridine rings is 2. The number of nitrogens with one attached hydrogen (secondary N) is 1. The van der Waals surface area contributed by atoms with E-state index in [4.69, 9.17) is 0 Å². The van der Waals surface area contributed by atoms with E-state index in [1.165, 1.54) is 18.7 Å². The number of fused-ring (bicyclic) bond motifs is 3. The molecule has 248 valence electrons. The fourth-order valence-electron chi connectivity index (χ4n) is 7.09. The second-order valence-corrected chi connectivity index (χ2v) is 13.2. The second-order valence-electron chi connectivity index (χ2n) is 13.2. The molecule has 7 rings (SSSR count). The normalized spacial score (nSPS) is 20.4. The van der Waals surface area contributed by atoms with Crippen LogP contribution in [0.15, 0.2) is 42.7 Å². The van der Waals surface area contributed by atoms with Crippen LogP contribution >= 0.6 is 0 Å². The zero-order chi connectivity index (χ0) is 34.4. The Bertz CT molecular complexity index is 2200. The minimum atomic E-state index is -5.05. The average molecular weight is 662 g/mol. The molecule has 1 saturated carbocycles. The van der Waals surface area contributed by atoms with E-state index in [9.17, 15) is 31.9 Å². The van der Waals surface area contributed by atoms with Crippen molar-refractivity contribution in [3.63, 3.8) is 0 Å². The number of nitrogens with zero attached hydrogens (tertiary/aromatic N) is 6. The van der Waals surface area contributed by atoms with Gasteiger partial charge >= 0.3 is 6.18 Å². The molecule has 0 radical (unpaired) electrons. The highest BCUT2D eigenvalue weighted by molar-refractivity contribution is 6.09. The first kappa shape index (κ1) is 31.5. The highest BCUT2D eigenvalue weighted by Crippen LogP contribution is 2.59. The van der Waals surface area contributed by atoms with Crippen molar-refractivity contribution in [1.82, 2.24) is 29.0 Å². The van der Waals surface area contributed by atoms with Crippen LogP contribution in [-0.4, -0.2) is 58.7 Å². The van der Waals surface area contributed by atoms with Crippen LogP contribution in [0.1, 0.15) is 59.7 Å². The molecule has 48 heavy (non-hydrogen) atoms. The number of amides is 2. The van der Waals surface area contributed by atoms with Crippen molar-refractivity contribution in [3.05, 3.63) is 76.8 Å². The van der Waals surface area contributed by atoms with Crippen molar-refractivity contribution < 1.29 is 31.9 Å². The fourth-order valence-corrected chi connectivity index (χ4v) is 7.09. The molecule has 1 unspecified atom stereocenters. The summed E-state index contributed by atoms with van der Waals surface area (Å²) in [6.07, 6.45) is -0.555. The van der Waals surface area contributed by atoms with Gasteiger partial charge in [0.05, 0.1) is 5.52 Å². The molecule has 0 spiro atoms. The Kier molecular flexibility index (Phi) is 7.01. The van der Waals surface area contributed by atoms with Gasteiger partial charge in [0, 0.05) is 34.9 Å². The number of ketones is 1. The first-order chi connectivity index (χ1) is 22.5. The van der Waals surface area contributed by atoms with Crippen molar-refractivity contribution in [2.75, 3.05) is 5.32 Å². The molecule has 1 aliphatic heterocycles. The van der Waals surface area contributed by atoms with Gasteiger partial charge < -0.3 is 14.8 Å². The summed E-state index contributed by atoms with van der Waals surface area (Å²) in [4.78, 5) is 49.6. The molecule has 3 atom stereocenters. The molecular weight excluding hydrogens is 630 g/mol. The van der Waals surface area contributed by atoms with Crippen molar-refractivity contribution >= 4 is 40.0 Å². The number of aromatic nitrogens is 5. The third-order valence-electron chi connectivity index (χ3n) is 9.52. The van der Waals surface area contributed by atoms with Gasteiger partial charge in [-0.2, -0.15) is 18.3 Å². The lowest BCUT2D eigenvalue weighted by atomic mass is 9.99. The van der Waals surface area contributed by atoms with E-state index in [-0.39, 0.29) is 35.3 Å². The largest absolute Gasteiger partial charge is 0.436 e. The van der Waals surface area contributed by atoms with Crippen LogP contribution in [0.25, 0.3) is 27.7 Å². The highest BCUT2D eigenvalue weighted by atomic mass is 19.4. The van der Waals surface area contributed by atoms with Crippen LogP contribution in [0.3, 0.4) is 0 Å². The molecule has 1 aliphatic carbocycles. The lowest BCUT2D eigenvalue weighted by molar-refractivity contribution is -0.143. The number of aryl methyl sites for hydroxylation is 3. The Morgan fingerprint density at radius 1 is 1.00 bits per heavy atom. The van der Waals surface area contributed by atoms with E-state index in [1.807, 2.05) is 51.2 Å². The van der Waals surface area contributed by atoms with Crippen LogP contribution in [-0.2, 0) is 22.3 Å². The number of anilines is 1. The Hall–Kier alpha value is -5.14. The van der Waals surface area contributed by atoms with E-state index in [0.29, 0.717) is 46.8 Å². The lowest BCUT2D eigenvalue weighted by Crippen LogP contribution is -2.46. The molecule has 5 heterocycles. The zero-order valence-electron chi connectivity index (χ0n) is 26.7. The molecule has 1 aromatic carbocycles. The van der Waals surface area contributed by atoms with Crippen molar-refractivity contribution in [2.45, 2.75) is 72.3 Å². The van der Waals surface area contributed by atoms with Gasteiger partial charge in [0.15, 0.2) is 22.9 Å². The number of Topliss-reactive ketones (excluding diaryl/α,β-unsaturated/α-hetero) is 1. The predicted octanol–water partition coefficient (Wildman–Crippen LogP) is 6.05. The maximum absolute atomic E-state index is 14.0. The van der Waals surface area contributed by atoms with Gasteiger partial charge in [-0.1, -0.05) is 6.92 Å². The molecule has 10 nitrogen and oxygen atoms in total. The standard InChI is InChI=1S/C34H31F4N7O3/c1-16-8-21(20-6-7-27-39-19(4)42-44(27)13-20)10-22-23(18(3)46)14-43(29(16)22)15-28(47)45-25(11-33(5)12-26(33)45)32(48)41-31-17(2)9-24(35)30(40-31)34(36,37)38/h6-10,13-14,25-26H,11-12,15H2,1-5H3,(H,40,41,48)/t25-,26?,33-/m0/s1. The summed E-state index contributed by atoms with van der Waals surface area (Å²) in [5, 5.41) is 7.49. The highest BCUT2D eigenvalue weighted by Gasteiger charge is 2.64. The third kappa shape index (κ3) is 5.19. The number of carbonyl (C=O) groups excluding carboxylic acids is 3. The number of piperidine rings is 1. The van der Waals surface area contributed by atoms with Crippen LogP contribution in [0, 0.1) is 32.0 Å². The number of hydrogen-bond acceptors (Lipinski definition) is 6. The van der Waals surface area contributed by atoms with Crippen LogP contribution in [0.5, 0.6) is 0 Å². The molecular formula is C34H31F4N7O3. The van der Waals surface area contributed by atoms with Gasteiger partial charge in [-0.3, -0.25) is 14.4 Å². The monoisotopic (exact) mass is 661 g/mol. The summed E-state index contributed by atoms with van der Waals surface area (Å²) < 4.78 is 57.5. The maximum Gasteiger partial charge on any atom is 0.436 e. The third-order valence-corrected chi connectivity index (χ3v) is 9.52. The number of rotatable bonds is 6. The molecule has 5 aromatic rings. The number of carbonyl (C=O) groups is 3. The Labute approximate surface area is 271 Å². The number of alkyl halides is 3. The summed E-state index contributed by atoms with van der Waals surface area (Å²) in [7, 11) is 0. The van der Waals surface area contributed by atoms with E-state index in [1.54, 1.807) is 15.3 Å². The molecule has 14 heteroatoms. The minimum Gasteiger partial charge on any atom is -0.337 e. The predicted molar refractivity (Wildman–Crippen MR) is 168 cm³/mol. The SMILES string of the molecule is CC(=O)c1cn(CC(=O)N2C3C[C@]3(C)C[C@H]2C(=O)Nc2nc(C(F)(F)F)c(F)cc2C)c2c(C)cc(-c3ccc4nc(C)nn4c3)cc12. The van der Waals surface area contributed by atoms with Gasteiger partial charge in [0.1, 0.15) is 24.2 Å². The summed E-state index contributed by atoms with van der Waals surface area (Å²) in [5.74, 6) is -2.57. The first-order valence-corrected chi connectivity index (χ1v) is 15.4. The molecule has 1 saturated heterocycles. The molecule has 1 N–H and O–H groups in total. The Morgan fingerprint density at radius 2 is 1.75 bits per heavy atom. The summed E-state index contributed by atoms with van der Waals surface area (Å²) in [6, 6.07) is 7.13. The molecule has 4 aromatic heterocycles. The number of halogens is 4. The molecule has 0 bridgehead atoms. The quantitative estimate of drug-likeness (QED) is 0.175. The van der Waals surface area contributed by atoms with Crippen LogP contribution in [0.2, 0.25) is 0 Å². The van der Waals surface area contributed by atoms with Gasteiger partial charge in [0.25, 0.3) is 0 Å². The van der Waals surface area contributed by atoms with Crippen molar-refractivity contribution in [2.24, 2.45) is 5.41 Å². The molecule has 2 aliphatic rings. The Morgan fingerprint density at radius 3 is 2.46 bits per heavy atom. The lowest BCUT2D eigenvalue weighted by Gasteiger charge is -2.27. The number of benzene rings is 1. The second kappa shape index (κ2) is 10.7. The summed E-state index contributed by atoms with van der Waals surface area (Å²) in [6.45, 7) is 8.29. The fraction of sp³-hybridized carbons (Fsp3) is 0.353. The number of likely N-dealkylation sites (tertiary alicyclic amines) is 1. The smallest absolute Gasteiger partial charge is 0.337 e. The van der Waals surface area contributed by atoms with Crippen molar-refractivity contribution in [3.8, 4) is 11.1 Å². The molecule has 2 fully saturated rings. The first-order valence-electron chi connectivity index (χ1n) is 15.4. The van der Waals surface area contributed by atoms with Gasteiger partial charge in [-0.05, 0) is 93.0 Å². The van der Waals surface area contributed by atoms with Crippen LogP contribution < -0.4 is 5.32 Å². The minimum absolute atomic E-state index is 0.0165. The molecule has 2 amide bonds. The Balaban J connectivity index is 1.20. The average Bonchev–Trinajstić information content (AvgIpc) is 3.26. The van der Waals surface area contributed by atoms with E-state index < -0.39 is 35.5 Å².